The summed E-state index contributed by atoms with van der Waals surface area (Å²) in [6.07, 6.45) is 3.78. The molecule has 110 valence electrons. The third-order valence-corrected chi connectivity index (χ3v) is 4.66. The fourth-order valence-corrected chi connectivity index (χ4v) is 3.26. The van der Waals surface area contributed by atoms with Gasteiger partial charge in [-0.15, -0.1) is 0 Å². The number of hydrogen-bond donors (Lipinski definition) is 0. The van der Waals surface area contributed by atoms with Gasteiger partial charge in [0, 0.05) is 32.7 Å². The van der Waals surface area contributed by atoms with E-state index in [9.17, 15) is 0 Å². The van der Waals surface area contributed by atoms with Crippen LogP contribution in [0.25, 0.3) is 0 Å². The molecule has 0 atom stereocenters. The molecule has 1 saturated heterocycles. The molecule has 2 aliphatic rings. The Bertz CT molecular complexity index is 439. The lowest BCUT2D eigenvalue weighted by Crippen LogP contribution is -2.47. The summed E-state index contributed by atoms with van der Waals surface area (Å²) < 4.78 is 5.93. The van der Waals surface area contributed by atoms with E-state index in [2.05, 4.69) is 34.9 Å². The van der Waals surface area contributed by atoms with Crippen LogP contribution in [0, 0.1) is 0 Å². The monoisotopic (exact) mass is 274 g/mol. The first kappa shape index (κ1) is 13.9. The van der Waals surface area contributed by atoms with Gasteiger partial charge in [0.25, 0.3) is 0 Å². The Morgan fingerprint density at radius 3 is 2.55 bits per heavy atom. The normalized spacial score (nSPS) is 20.1. The number of nitrogens with zero attached hydrogens (tertiary/aromatic N) is 2. The molecule has 1 aliphatic carbocycles. The van der Waals surface area contributed by atoms with E-state index in [0.717, 1.165) is 18.9 Å². The molecule has 3 nitrogen and oxygen atoms in total. The average molecular weight is 274 g/mol. The molecule has 1 fully saturated rings. The van der Waals surface area contributed by atoms with Crippen molar-refractivity contribution in [3.05, 3.63) is 29.3 Å². The average Bonchev–Trinajstić information content (AvgIpc) is 2.95. The Hall–Kier alpha value is -1.06. The molecule has 0 bridgehead atoms. The van der Waals surface area contributed by atoms with Crippen LogP contribution in [0.5, 0.6) is 5.75 Å². The van der Waals surface area contributed by atoms with Gasteiger partial charge in [0.1, 0.15) is 12.4 Å². The molecule has 0 aromatic heterocycles. The summed E-state index contributed by atoms with van der Waals surface area (Å²) in [4.78, 5) is 5.03. The molecule has 1 aromatic rings. The van der Waals surface area contributed by atoms with Crippen LogP contribution < -0.4 is 4.74 Å². The van der Waals surface area contributed by atoms with E-state index in [1.54, 1.807) is 0 Å². The third-order valence-electron chi connectivity index (χ3n) is 4.66. The largest absolute Gasteiger partial charge is 0.492 e. The van der Waals surface area contributed by atoms with E-state index in [1.165, 1.54) is 63.1 Å². The van der Waals surface area contributed by atoms with Gasteiger partial charge < -0.3 is 9.64 Å². The fourth-order valence-electron chi connectivity index (χ4n) is 3.26. The summed E-state index contributed by atoms with van der Waals surface area (Å²) in [5.41, 5.74) is 3.02. The third kappa shape index (κ3) is 3.33. The van der Waals surface area contributed by atoms with E-state index in [1.807, 2.05) is 0 Å². The highest BCUT2D eigenvalue weighted by Gasteiger charge is 2.15. The topological polar surface area (TPSA) is 15.7 Å². The predicted octanol–water partition coefficient (Wildman–Crippen LogP) is 2.19. The second-order valence-corrected chi connectivity index (χ2v) is 5.91. The number of benzene rings is 1. The molecule has 0 spiro atoms. The van der Waals surface area contributed by atoms with Crippen molar-refractivity contribution in [1.29, 1.82) is 0 Å². The molecule has 20 heavy (non-hydrogen) atoms. The smallest absolute Gasteiger partial charge is 0.119 e. The maximum Gasteiger partial charge on any atom is 0.119 e. The quantitative estimate of drug-likeness (QED) is 0.818. The molecular weight excluding hydrogens is 248 g/mol. The van der Waals surface area contributed by atoms with Gasteiger partial charge in [-0.05, 0) is 49.1 Å². The number of piperazine rings is 1. The Labute approximate surface area is 122 Å². The van der Waals surface area contributed by atoms with Gasteiger partial charge in [-0.25, -0.2) is 0 Å². The van der Waals surface area contributed by atoms with Gasteiger partial charge in [0.05, 0.1) is 0 Å². The molecule has 3 heteroatoms. The summed E-state index contributed by atoms with van der Waals surface area (Å²) in [5, 5.41) is 0. The van der Waals surface area contributed by atoms with Crippen LogP contribution in [0.1, 0.15) is 24.5 Å². The summed E-state index contributed by atoms with van der Waals surface area (Å²) >= 11 is 0. The van der Waals surface area contributed by atoms with E-state index in [4.69, 9.17) is 4.74 Å². The fraction of sp³-hybridized carbons (Fsp3) is 0.647. The molecule has 3 rings (SSSR count). The maximum atomic E-state index is 5.93. The summed E-state index contributed by atoms with van der Waals surface area (Å²) in [6, 6.07) is 6.63. The van der Waals surface area contributed by atoms with Crippen molar-refractivity contribution >= 4 is 0 Å². The van der Waals surface area contributed by atoms with Crippen molar-refractivity contribution in [2.45, 2.75) is 26.2 Å². The Morgan fingerprint density at radius 2 is 1.75 bits per heavy atom. The lowest BCUT2D eigenvalue weighted by Gasteiger charge is -2.33. The minimum absolute atomic E-state index is 0.810. The molecule has 1 aliphatic heterocycles. The van der Waals surface area contributed by atoms with Crippen molar-refractivity contribution in [1.82, 2.24) is 9.80 Å². The first-order chi connectivity index (χ1) is 9.85. The van der Waals surface area contributed by atoms with Gasteiger partial charge in [0.15, 0.2) is 0 Å². The SMILES string of the molecule is CCN1CCN(CCOc2ccc3c(c2)CCC3)CC1. The summed E-state index contributed by atoms with van der Waals surface area (Å²) in [7, 11) is 0. The van der Waals surface area contributed by atoms with Crippen molar-refractivity contribution < 1.29 is 4.74 Å². The molecular formula is C17H26N2O. The molecule has 0 radical (unpaired) electrons. The number of ether oxygens (including phenoxy) is 1. The molecule has 0 N–H and O–H groups in total. The van der Waals surface area contributed by atoms with Gasteiger partial charge >= 0.3 is 0 Å². The van der Waals surface area contributed by atoms with E-state index < -0.39 is 0 Å². The van der Waals surface area contributed by atoms with Crippen LogP contribution in [0.15, 0.2) is 18.2 Å². The lowest BCUT2D eigenvalue weighted by atomic mass is 10.1. The highest BCUT2D eigenvalue weighted by molar-refractivity contribution is 5.38. The summed E-state index contributed by atoms with van der Waals surface area (Å²) in [5.74, 6) is 1.05. The summed E-state index contributed by atoms with van der Waals surface area (Å²) in [6.45, 7) is 10.1. The van der Waals surface area contributed by atoms with Crippen LogP contribution in [0.2, 0.25) is 0 Å². The molecule has 1 aromatic carbocycles. The van der Waals surface area contributed by atoms with Crippen LogP contribution in [-0.2, 0) is 12.8 Å². The zero-order chi connectivity index (χ0) is 13.8. The van der Waals surface area contributed by atoms with Crippen molar-refractivity contribution in [2.75, 3.05) is 45.9 Å². The number of hydrogen-bond acceptors (Lipinski definition) is 3. The Kier molecular flexibility index (Phi) is 4.58. The zero-order valence-corrected chi connectivity index (χ0v) is 12.6. The van der Waals surface area contributed by atoms with Crippen molar-refractivity contribution in [3.8, 4) is 5.75 Å². The standard InChI is InChI=1S/C17H26N2O/c1-2-18-8-10-19(11-9-18)12-13-20-17-7-6-15-4-3-5-16(15)14-17/h6-7,14H,2-5,8-13H2,1H3. The second-order valence-electron chi connectivity index (χ2n) is 5.91. The molecule has 0 amide bonds. The maximum absolute atomic E-state index is 5.93. The van der Waals surface area contributed by atoms with E-state index in [0.29, 0.717) is 0 Å². The minimum atomic E-state index is 0.810. The second kappa shape index (κ2) is 6.59. The van der Waals surface area contributed by atoms with Gasteiger partial charge in [-0.1, -0.05) is 13.0 Å². The first-order valence-corrected chi connectivity index (χ1v) is 8.04. The zero-order valence-electron chi connectivity index (χ0n) is 12.6. The van der Waals surface area contributed by atoms with E-state index >= 15 is 0 Å². The van der Waals surface area contributed by atoms with Gasteiger partial charge in [-0.3, -0.25) is 4.90 Å². The van der Waals surface area contributed by atoms with Crippen LogP contribution in [0.3, 0.4) is 0 Å². The van der Waals surface area contributed by atoms with Crippen LogP contribution >= 0.6 is 0 Å². The highest BCUT2D eigenvalue weighted by Crippen LogP contribution is 2.25. The van der Waals surface area contributed by atoms with Gasteiger partial charge in [0.2, 0.25) is 0 Å². The Morgan fingerprint density at radius 1 is 1.00 bits per heavy atom. The minimum Gasteiger partial charge on any atom is -0.492 e. The first-order valence-electron chi connectivity index (χ1n) is 8.04. The lowest BCUT2D eigenvalue weighted by molar-refractivity contribution is 0.121. The number of rotatable bonds is 5. The van der Waals surface area contributed by atoms with Crippen LogP contribution in [-0.4, -0.2) is 55.7 Å². The predicted molar refractivity (Wildman–Crippen MR) is 82.5 cm³/mol. The van der Waals surface area contributed by atoms with Crippen molar-refractivity contribution in [3.63, 3.8) is 0 Å². The van der Waals surface area contributed by atoms with Gasteiger partial charge in [-0.2, -0.15) is 0 Å². The van der Waals surface area contributed by atoms with Crippen molar-refractivity contribution in [2.24, 2.45) is 0 Å². The number of likely N-dealkylation sites (N-methyl/N-ethyl adjacent to an activating group) is 1. The molecule has 0 unspecified atom stereocenters. The molecule has 1 heterocycles. The van der Waals surface area contributed by atoms with E-state index in [-0.39, 0.29) is 0 Å². The highest BCUT2D eigenvalue weighted by atomic mass is 16.5. The molecule has 0 saturated carbocycles. The van der Waals surface area contributed by atoms with Crippen LogP contribution in [0.4, 0.5) is 0 Å². The number of fused-ring (bicyclic) bond motifs is 1. The Balaban J connectivity index is 1.42. The number of aryl methyl sites for hydroxylation is 2.